The van der Waals surface area contributed by atoms with Crippen LogP contribution < -0.4 is 0 Å². The van der Waals surface area contributed by atoms with Gasteiger partial charge in [-0.1, -0.05) is 194 Å². The normalized spacial score (nSPS) is 14.0. The van der Waals surface area contributed by atoms with Crippen molar-refractivity contribution < 1.29 is 39.5 Å². The zero-order chi connectivity index (χ0) is 36.9. The molecule has 50 heavy (non-hydrogen) atoms. The topological polar surface area (TPSA) is 134 Å². The van der Waals surface area contributed by atoms with E-state index in [0.29, 0.717) is 12.8 Å². The van der Waals surface area contributed by atoms with Crippen LogP contribution in [-0.4, -0.2) is 70.0 Å². The molecule has 0 fully saturated rings. The predicted octanol–water partition coefficient (Wildman–Crippen LogP) is 10.0. The molecule has 0 rings (SSSR count). The van der Waals surface area contributed by atoms with Crippen LogP contribution in [0.3, 0.4) is 0 Å². The molecule has 0 amide bonds. The number of esters is 2. The van der Waals surface area contributed by atoms with Gasteiger partial charge in [-0.15, -0.1) is 0 Å². The summed E-state index contributed by atoms with van der Waals surface area (Å²) in [6.45, 7) is 3.06. The van der Waals surface area contributed by atoms with Gasteiger partial charge < -0.3 is 29.9 Å². The van der Waals surface area contributed by atoms with Gasteiger partial charge in [-0.3, -0.25) is 9.59 Å². The lowest BCUT2D eigenvalue weighted by Crippen LogP contribution is -2.51. The Labute approximate surface area is 307 Å². The number of hydrogen-bond donors (Lipinski definition) is 4. The molecular weight excluding hydrogens is 632 g/mol. The summed E-state index contributed by atoms with van der Waals surface area (Å²) in [7, 11) is 0. The highest BCUT2D eigenvalue weighted by Crippen LogP contribution is 2.19. The van der Waals surface area contributed by atoms with Gasteiger partial charge in [0, 0.05) is 12.8 Å². The molecule has 0 aliphatic rings. The number of aliphatic hydroxyl groups excluding tert-OH is 4. The van der Waals surface area contributed by atoms with E-state index < -0.39 is 49.6 Å². The molecule has 0 aliphatic carbocycles. The van der Waals surface area contributed by atoms with Crippen LogP contribution in [0.15, 0.2) is 0 Å². The Hall–Kier alpha value is -1.22. The summed E-state index contributed by atoms with van der Waals surface area (Å²) in [5.74, 6) is -1.14. The lowest BCUT2D eigenvalue weighted by Gasteiger charge is -2.31. The monoisotopic (exact) mass is 715 g/mol. The SMILES string of the molecule is CCCCCCCCCCCCCCCCCC(=O)O[C@@H]([C@H](O)[C@H](O)CO)[C@H](CO)OC(=O)CCCCCCCCCCCCCCCCC. The first-order valence-corrected chi connectivity index (χ1v) is 21.4. The molecular formula is C42H82O8. The van der Waals surface area contributed by atoms with Gasteiger partial charge in [-0.2, -0.15) is 0 Å². The second-order valence-corrected chi connectivity index (χ2v) is 14.8. The van der Waals surface area contributed by atoms with E-state index in [0.717, 1.165) is 38.5 Å². The Morgan fingerprint density at radius 1 is 0.420 bits per heavy atom. The molecule has 0 bridgehead atoms. The van der Waals surface area contributed by atoms with Gasteiger partial charge in [0.25, 0.3) is 0 Å². The predicted molar refractivity (Wildman–Crippen MR) is 205 cm³/mol. The standard InChI is InChI=1S/C42H82O8/c1-3-5-7-9-11-13-15-17-19-21-23-25-27-29-31-33-39(46)49-38(36-44)42(41(48)37(45)35-43)50-40(47)34-32-30-28-26-24-22-20-18-16-14-12-10-8-6-4-2/h37-38,41-45,48H,3-36H2,1-2H3/t37-,38+,41-,42-/m1/s1. The van der Waals surface area contributed by atoms with Crippen LogP contribution in [0.5, 0.6) is 0 Å². The quantitative estimate of drug-likeness (QED) is 0.0365. The maximum atomic E-state index is 12.6. The second-order valence-electron chi connectivity index (χ2n) is 14.8. The summed E-state index contributed by atoms with van der Waals surface area (Å²) in [6.07, 6.45) is 30.8. The molecule has 0 aromatic carbocycles. The van der Waals surface area contributed by atoms with Gasteiger partial charge in [0.15, 0.2) is 12.2 Å². The first-order chi connectivity index (χ1) is 24.4. The third kappa shape index (κ3) is 30.4. The molecule has 298 valence electrons. The number of unbranched alkanes of at least 4 members (excludes halogenated alkanes) is 28. The molecule has 0 aromatic heterocycles. The first-order valence-electron chi connectivity index (χ1n) is 21.4. The van der Waals surface area contributed by atoms with E-state index in [1.807, 2.05) is 0 Å². The van der Waals surface area contributed by atoms with E-state index in [9.17, 15) is 30.0 Å². The van der Waals surface area contributed by atoms with Gasteiger partial charge in [0.2, 0.25) is 0 Å². The van der Waals surface area contributed by atoms with Crippen LogP contribution >= 0.6 is 0 Å². The van der Waals surface area contributed by atoms with Crippen LogP contribution in [0.25, 0.3) is 0 Å². The molecule has 0 unspecified atom stereocenters. The van der Waals surface area contributed by atoms with Crippen LogP contribution in [0.2, 0.25) is 0 Å². The summed E-state index contributed by atoms with van der Waals surface area (Å²) in [5, 5.41) is 39.9. The van der Waals surface area contributed by atoms with Crippen molar-refractivity contribution in [2.75, 3.05) is 13.2 Å². The molecule has 8 heteroatoms. The van der Waals surface area contributed by atoms with E-state index in [1.165, 1.54) is 141 Å². The van der Waals surface area contributed by atoms with Gasteiger partial charge in [0.1, 0.15) is 12.2 Å². The highest BCUT2D eigenvalue weighted by Gasteiger charge is 2.38. The highest BCUT2D eigenvalue weighted by molar-refractivity contribution is 5.70. The van der Waals surface area contributed by atoms with E-state index in [2.05, 4.69) is 13.8 Å². The van der Waals surface area contributed by atoms with Gasteiger partial charge >= 0.3 is 11.9 Å². The summed E-state index contributed by atoms with van der Waals surface area (Å²) in [4.78, 5) is 25.2. The Kier molecular flexibility index (Phi) is 36.6. The average molecular weight is 715 g/mol. The van der Waals surface area contributed by atoms with Crippen LogP contribution in [0.4, 0.5) is 0 Å². The number of carbonyl (C=O) groups is 2. The fourth-order valence-corrected chi connectivity index (χ4v) is 6.62. The second kappa shape index (κ2) is 37.5. The van der Waals surface area contributed by atoms with Crippen molar-refractivity contribution in [2.24, 2.45) is 0 Å². The Morgan fingerprint density at radius 3 is 0.980 bits per heavy atom. The van der Waals surface area contributed by atoms with Crippen LogP contribution in [-0.2, 0) is 19.1 Å². The number of rotatable bonds is 39. The highest BCUT2D eigenvalue weighted by atomic mass is 16.6. The Morgan fingerprint density at radius 2 is 0.700 bits per heavy atom. The first kappa shape index (κ1) is 48.8. The van der Waals surface area contributed by atoms with Crippen molar-refractivity contribution in [3.63, 3.8) is 0 Å². The van der Waals surface area contributed by atoms with Crippen molar-refractivity contribution in [2.45, 2.75) is 244 Å². The fourth-order valence-electron chi connectivity index (χ4n) is 6.62. The Bertz CT molecular complexity index is 733. The molecule has 0 heterocycles. The van der Waals surface area contributed by atoms with E-state index in [-0.39, 0.29) is 12.8 Å². The number of aliphatic hydroxyl groups is 4. The van der Waals surface area contributed by atoms with Crippen molar-refractivity contribution in [3.8, 4) is 0 Å². The smallest absolute Gasteiger partial charge is 0.306 e. The molecule has 0 saturated carbocycles. The van der Waals surface area contributed by atoms with Gasteiger partial charge in [-0.25, -0.2) is 0 Å². The molecule has 0 aromatic rings. The van der Waals surface area contributed by atoms with Gasteiger partial charge in [0.05, 0.1) is 13.2 Å². The Balaban J connectivity index is 4.17. The number of hydrogen-bond acceptors (Lipinski definition) is 8. The summed E-state index contributed by atoms with van der Waals surface area (Å²) >= 11 is 0. The van der Waals surface area contributed by atoms with Crippen molar-refractivity contribution in [3.05, 3.63) is 0 Å². The number of carbonyl (C=O) groups excluding carboxylic acids is 2. The maximum Gasteiger partial charge on any atom is 0.306 e. The molecule has 0 aliphatic heterocycles. The lowest BCUT2D eigenvalue weighted by molar-refractivity contribution is -0.189. The van der Waals surface area contributed by atoms with Crippen molar-refractivity contribution in [1.82, 2.24) is 0 Å². The largest absolute Gasteiger partial charge is 0.456 e. The summed E-state index contributed by atoms with van der Waals surface area (Å²) < 4.78 is 10.9. The maximum absolute atomic E-state index is 12.6. The third-order valence-corrected chi connectivity index (χ3v) is 9.98. The van der Waals surface area contributed by atoms with Gasteiger partial charge in [-0.05, 0) is 12.8 Å². The molecule has 4 atom stereocenters. The number of ether oxygens (including phenoxy) is 2. The molecule has 0 spiro atoms. The van der Waals surface area contributed by atoms with E-state index >= 15 is 0 Å². The molecule has 8 nitrogen and oxygen atoms in total. The minimum atomic E-state index is -1.71. The summed E-state index contributed by atoms with van der Waals surface area (Å²) in [6, 6.07) is 0. The minimum Gasteiger partial charge on any atom is -0.456 e. The van der Waals surface area contributed by atoms with Crippen LogP contribution in [0, 0.1) is 0 Å². The zero-order valence-electron chi connectivity index (χ0n) is 32.8. The van der Waals surface area contributed by atoms with Crippen molar-refractivity contribution in [1.29, 1.82) is 0 Å². The van der Waals surface area contributed by atoms with Crippen molar-refractivity contribution >= 4 is 11.9 Å². The summed E-state index contributed by atoms with van der Waals surface area (Å²) in [5.41, 5.74) is 0. The molecule has 4 N–H and O–H groups in total. The molecule has 0 radical (unpaired) electrons. The van der Waals surface area contributed by atoms with E-state index in [1.54, 1.807) is 0 Å². The van der Waals surface area contributed by atoms with E-state index in [4.69, 9.17) is 9.47 Å². The average Bonchev–Trinajstić information content (AvgIpc) is 3.12. The van der Waals surface area contributed by atoms with Crippen LogP contribution in [0.1, 0.15) is 219 Å². The zero-order valence-corrected chi connectivity index (χ0v) is 32.8. The lowest BCUT2D eigenvalue weighted by atomic mass is 10.0. The minimum absolute atomic E-state index is 0.127. The molecule has 0 saturated heterocycles. The third-order valence-electron chi connectivity index (χ3n) is 9.98. The fraction of sp³-hybridized carbons (Fsp3) is 0.952.